The zero-order valence-electron chi connectivity index (χ0n) is 11.8. The van der Waals surface area contributed by atoms with Gasteiger partial charge in [0.2, 0.25) is 10.0 Å². The number of carbonyl (C=O) groups is 1. The summed E-state index contributed by atoms with van der Waals surface area (Å²) in [6.45, 7) is 2.85. The summed E-state index contributed by atoms with van der Waals surface area (Å²) in [7, 11) is -3.66. The highest BCUT2D eigenvalue weighted by atomic mass is 32.2. The van der Waals surface area contributed by atoms with E-state index in [0.717, 1.165) is 12.8 Å². The molecule has 0 saturated carbocycles. The number of carboxylic acid groups (broad SMARTS) is 1. The molecule has 21 heavy (non-hydrogen) atoms. The fourth-order valence-corrected chi connectivity index (χ4v) is 3.23. The molecule has 2 rings (SSSR count). The Kier molecular flexibility index (Phi) is 4.64. The van der Waals surface area contributed by atoms with Gasteiger partial charge in [0.15, 0.2) is 0 Å². The van der Waals surface area contributed by atoms with Crippen molar-refractivity contribution in [2.75, 3.05) is 13.2 Å². The Balaban J connectivity index is 1.97. The summed E-state index contributed by atoms with van der Waals surface area (Å²) in [4.78, 5) is 10.5. The van der Waals surface area contributed by atoms with Crippen LogP contribution in [0, 0.1) is 0 Å². The summed E-state index contributed by atoms with van der Waals surface area (Å²) in [6.07, 6.45) is 4.16. The maximum Gasteiger partial charge on any atom is 0.305 e. The summed E-state index contributed by atoms with van der Waals surface area (Å²) in [6, 6.07) is 0. The minimum absolute atomic E-state index is 0.0227. The molecular weight excluding hydrogens is 298 g/mol. The van der Waals surface area contributed by atoms with E-state index in [-0.39, 0.29) is 24.4 Å². The van der Waals surface area contributed by atoms with Crippen molar-refractivity contribution in [1.82, 2.24) is 14.5 Å². The number of hydrogen-bond acceptors (Lipinski definition) is 5. The van der Waals surface area contributed by atoms with Crippen LogP contribution < -0.4 is 4.72 Å². The molecule has 1 aliphatic rings. The number of aryl methyl sites for hydroxylation is 1. The van der Waals surface area contributed by atoms with E-state index in [1.807, 2.05) is 6.92 Å². The highest BCUT2D eigenvalue weighted by molar-refractivity contribution is 7.89. The highest BCUT2D eigenvalue weighted by Gasteiger charge is 2.31. The number of aromatic nitrogens is 2. The standard InChI is InChI=1S/C12H19N3O5S/c1-12(4-2-6-20-12)9-14-21(18,19)10-7-13-15(8-10)5-3-11(16)17/h7-8,14H,2-6,9H2,1H3,(H,16,17). The molecule has 1 fully saturated rings. The van der Waals surface area contributed by atoms with E-state index in [1.54, 1.807) is 0 Å². The van der Waals surface area contributed by atoms with Gasteiger partial charge < -0.3 is 9.84 Å². The molecule has 2 heterocycles. The molecule has 1 unspecified atom stereocenters. The first kappa shape index (κ1) is 15.9. The number of aliphatic carboxylic acids is 1. The Morgan fingerprint density at radius 3 is 3.00 bits per heavy atom. The van der Waals surface area contributed by atoms with Gasteiger partial charge in [0, 0.05) is 19.3 Å². The van der Waals surface area contributed by atoms with Gasteiger partial charge in [-0.25, -0.2) is 13.1 Å². The molecule has 8 nitrogen and oxygen atoms in total. The fraction of sp³-hybridized carbons (Fsp3) is 0.667. The largest absolute Gasteiger partial charge is 0.481 e. The molecule has 1 aliphatic heterocycles. The van der Waals surface area contributed by atoms with Gasteiger partial charge in [0.25, 0.3) is 0 Å². The zero-order chi connectivity index (χ0) is 15.5. The summed E-state index contributed by atoms with van der Waals surface area (Å²) >= 11 is 0. The predicted octanol–water partition coefficient (Wildman–Crippen LogP) is 0.205. The number of sulfonamides is 1. The van der Waals surface area contributed by atoms with Crippen molar-refractivity contribution in [3.8, 4) is 0 Å². The number of ether oxygens (including phenoxy) is 1. The quantitative estimate of drug-likeness (QED) is 0.743. The Labute approximate surface area is 123 Å². The minimum Gasteiger partial charge on any atom is -0.481 e. The van der Waals surface area contributed by atoms with Crippen LogP contribution in [-0.2, 0) is 26.1 Å². The molecule has 1 aromatic rings. The van der Waals surface area contributed by atoms with Crippen molar-refractivity contribution in [2.45, 2.75) is 43.2 Å². The molecule has 0 aromatic carbocycles. The van der Waals surface area contributed by atoms with Crippen molar-refractivity contribution in [2.24, 2.45) is 0 Å². The molecule has 118 valence electrons. The third-order valence-electron chi connectivity index (χ3n) is 3.41. The molecule has 0 amide bonds. The van der Waals surface area contributed by atoms with Crippen molar-refractivity contribution >= 4 is 16.0 Å². The molecular formula is C12H19N3O5S. The van der Waals surface area contributed by atoms with Gasteiger partial charge in [-0.05, 0) is 19.8 Å². The van der Waals surface area contributed by atoms with Gasteiger partial charge in [-0.2, -0.15) is 5.10 Å². The van der Waals surface area contributed by atoms with E-state index < -0.39 is 21.6 Å². The van der Waals surface area contributed by atoms with Crippen LogP contribution >= 0.6 is 0 Å². The topological polar surface area (TPSA) is 111 Å². The Hall–Kier alpha value is -1.45. The van der Waals surface area contributed by atoms with Crippen molar-refractivity contribution in [3.63, 3.8) is 0 Å². The summed E-state index contributed by atoms with van der Waals surface area (Å²) in [5.74, 6) is -0.959. The first-order chi connectivity index (χ1) is 9.81. The average molecular weight is 317 g/mol. The van der Waals surface area contributed by atoms with E-state index in [1.165, 1.54) is 17.1 Å². The Morgan fingerprint density at radius 1 is 1.62 bits per heavy atom. The second kappa shape index (κ2) is 6.12. The Bertz CT molecular complexity index is 604. The smallest absolute Gasteiger partial charge is 0.305 e. The average Bonchev–Trinajstić information content (AvgIpc) is 3.04. The van der Waals surface area contributed by atoms with Crippen molar-refractivity contribution in [1.29, 1.82) is 0 Å². The lowest BCUT2D eigenvalue weighted by Gasteiger charge is -2.22. The number of nitrogens with one attached hydrogen (secondary N) is 1. The molecule has 0 radical (unpaired) electrons. The Morgan fingerprint density at radius 2 is 2.38 bits per heavy atom. The van der Waals surface area contributed by atoms with E-state index >= 15 is 0 Å². The summed E-state index contributed by atoms with van der Waals surface area (Å²) < 4.78 is 33.6. The first-order valence-electron chi connectivity index (χ1n) is 6.69. The molecule has 0 aliphatic carbocycles. The van der Waals surface area contributed by atoms with Crippen LogP contribution in [-0.4, -0.2) is 48.0 Å². The molecule has 1 atom stereocenters. The summed E-state index contributed by atoms with van der Waals surface area (Å²) in [5, 5.41) is 12.4. The van der Waals surface area contributed by atoms with Crippen LogP contribution in [0.3, 0.4) is 0 Å². The van der Waals surface area contributed by atoms with E-state index in [2.05, 4.69) is 9.82 Å². The molecule has 0 bridgehead atoms. The van der Waals surface area contributed by atoms with Gasteiger partial charge in [-0.1, -0.05) is 0 Å². The van der Waals surface area contributed by atoms with Crippen LogP contribution in [0.5, 0.6) is 0 Å². The molecule has 9 heteroatoms. The van der Waals surface area contributed by atoms with Crippen LogP contribution in [0.2, 0.25) is 0 Å². The maximum absolute atomic E-state index is 12.1. The second-order valence-corrected chi connectivity index (χ2v) is 7.08. The van der Waals surface area contributed by atoms with Crippen molar-refractivity contribution < 1.29 is 23.1 Å². The predicted molar refractivity (Wildman–Crippen MR) is 73.3 cm³/mol. The molecule has 1 aromatic heterocycles. The van der Waals surface area contributed by atoms with E-state index in [0.29, 0.717) is 6.61 Å². The third-order valence-corrected chi connectivity index (χ3v) is 4.77. The minimum atomic E-state index is -3.66. The summed E-state index contributed by atoms with van der Waals surface area (Å²) in [5.41, 5.74) is -0.466. The third kappa shape index (κ3) is 4.26. The lowest BCUT2D eigenvalue weighted by atomic mass is 10.0. The molecule has 1 saturated heterocycles. The van der Waals surface area contributed by atoms with Crippen LogP contribution in [0.25, 0.3) is 0 Å². The van der Waals surface area contributed by atoms with E-state index in [4.69, 9.17) is 9.84 Å². The normalized spacial score (nSPS) is 22.5. The van der Waals surface area contributed by atoms with E-state index in [9.17, 15) is 13.2 Å². The zero-order valence-corrected chi connectivity index (χ0v) is 12.6. The monoisotopic (exact) mass is 317 g/mol. The fourth-order valence-electron chi connectivity index (χ4n) is 2.12. The lowest BCUT2D eigenvalue weighted by Crippen LogP contribution is -2.39. The SMILES string of the molecule is CC1(CNS(=O)(=O)c2cnn(CCC(=O)O)c2)CCCO1. The van der Waals surface area contributed by atoms with Gasteiger partial charge in [-0.15, -0.1) is 0 Å². The second-order valence-electron chi connectivity index (χ2n) is 5.31. The van der Waals surface area contributed by atoms with Crippen LogP contribution in [0.4, 0.5) is 0 Å². The van der Waals surface area contributed by atoms with Crippen molar-refractivity contribution in [3.05, 3.63) is 12.4 Å². The number of nitrogens with zero attached hydrogens (tertiary/aromatic N) is 2. The van der Waals surface area contributed by atoms with Gasteiger partial charge >= 0.3 is 5.97 Å². The highest BCUT2D eigenvalue weighted by Crippen LogP contribution is 2.24. The first-order valence-corrected chi connectivity index (χ1v) is 8.17. The number of hydrogen-bond donors (Lipinski definition) is 2. The van der Waals surface area contributed by atoms with Gasteiger partial charge in [-0.3, -0.25) is 9.48 Å². The maximum atomic E-state index is 12.1. The van der Waals surface area contributed by atoms with Gasteiger partial charge in [0.05, 0.1) is 24.8 Å². The van der Waals surface area contributed by atoms with Crippen LogP contribution in [0.15, 0.2) is 17.3 Å². The van der Waals surface area contributed by atoms with Crippen LogP contribution in [0.1, 0.15) is 26.2 Å². The number of carboxylic acids is 1. The van der Waals surface area contributed by atoms with Gasteiger partial charge in [0.1, 0.15) is 4.90 Å². The molecule has 0 spiro atoms. The lowest BCUT2D eigenvalue weighted by molar-refractivity contribution is -0.137. The molecule has 2 N–H and O–H groups in total. The number of rotatable bonds is 7.